The van der Waals surface area contributed by atoms with Crippen LogP contribution in [0.4, 0.5) is 0 Å². The van der Waals surface area contributed by atoms with Gasteiger partial charge in [-0.1, -0.05) is 5.16 Å². The van der Waals surface area contributed by atoms with Crippen molar-refractivity contribution in [3.63, 3.8) is 0 Å². The fraction of sp³-hybridized carbons (Fsp3) is 0.462. The van der Waals surface area contributed by atoms with E-state index in [1.54, 1.807) is 21.3 Å². The summed E-state index contributed by atoms with van der Waals surface area (Å²) in [7, 11) is 4.73. The molecule has 0 aliphatic carbocycles. The van der Waals surface area contributed by atoms with Gasteiger partial charge in [-0.25, -0.2) is 0 Å². The van der Waals surface area contributed by atoms with Gasteiger partial charge in [0.05, 0.1) is 27.0 Å². The maximum absolute atomic E-state index is 5.56. The third-order valence-corrected chi connectivity index (χ3v) is 2.99. The summed E-state index contributed by atoms with van der Waals surface area (Å²) >= 11 is 0. The summed E-state index contributed by atoms with van der Waals surface area (Å²) in [5.41, 5.74) is 7.27. The van der Waals surface area contributed by atoms with Gasteiger partial charge in [0.1, 0.15) is 6.10 Å². The van der Waals surface area contributed by atoms with E-state index in [9.17, 15) is 0 Å². The molecule has 0 aromatic heterocycles. The average molecular weight is 266 g/mol. The Kier molecular flexibility index (Phi) is 4.11. The number of nitrogens with two attached hydrogens (primary N) is 1. The highest BCUT2D eigenvalue weighted by Gasteiger charge is 2.23. The molecule has 19 heavy (non-hydrogen) atoms. The summed E-state index contributed by atoms with van der Waals surface area (Å²) < 4.78 is 15.9. The highest BCUT2D eigenvalue weighted by molar-refractivity contribution is 6.02. The molecule has 1 aliphatic rings. The van der Waals surface area contributed by atoms with Crippen molar-refractivity contribution in [2.45, 2.75) is 12.5 Å². The lowest BCUT2D eigenvalue weighted by Gasteiger charge is -2.13. The Labute approximate surface area is 112 Å². The van der Waals surface area contributed by atoms with Gasteiger partial charge in [-0.2, -0.15) is 0 Å². The van der Waals surface area contributed by atoms with Gasteiger partial charge >= 0.3 is 0 Å². The molecule has 0 spiro atoms. The second kappa shape index (κ2) is 5.79. The van der Waals surface area contributed by atoms with Crippen molar-refractivity contribution >= 4 is 5.71 Å². The SMILES string of the molecule is COc1cc(C2=NOC(CN)C2)cc(OC)c1OC. The molecule has 0 fully saturated rings. The Morgan fingerprint density at radius 1 is 1.21 bits per heavy atom. The van der Waals surface area contributed by atoms with Gasteiger partial charge in [-0.15, -0.1) is 0 Å². The third kappa shape index (κ3) is 2.58. The largest absolute Gasteiger partial charge is 0.493 e. The topological polar surface area (TPSA) is 75.3 Å². The number of methoxy groups -OCH3 is 3. The smallest absolute Gasteiger partial charge is 0.203 e. The van der Waals surface area contributed by atoms with Crippen LogP contribution in [0.25, 0.3) is 0 Å². The molecule has 6 nitrogen and oxygen atoms in total. The van der Waals surface area contributed by atoms with Gasteiger partial charge in [0.15, 0.2) is 11.5 Å². The molecule has 1 heterocycles. The molecule has 1 aromatic carbocycles. The number of ether oxygens (including phenoxy) is 3. The Balaban J connectivity index is 2.37. The number of hydrogen-bond donors (Lipinski definition) is 1. The first-order valence-electron chi connectivity index (χ1n) is 5.96. The summed E-state index contributed by atoms with van der Waals surface area (Å²) in [6.45, 7) is 0.442. The summed E-state index contributed by atoms with van der Waals surface area (Å²) in [6, 6.07) is 3.70. The summed E-state index contributed by atoms with van der Waals surface area (Å²) in [6.07, 6.45) is 0.615. The highest BCUT2D eigenvalue weighted by Crippen LogP contribution is 2.39. The summed E-state index contributed by atoms with van der Waals surface area (Å²) in [4.78, 5) is 5.22. The highest BCUT2D eigenvalue weighted by atomic mass is 16.6. The molecule has 0 saturated heterocycles. The molecule has 0 amide bonds. The molecule has 2 N–H and O–H groups in total. The van der Waals surface area contributed by atoms with Crippen molar-refractivity contribution in [3.8, 4) is 17.2 Å². The summed E-state index contributed by atoms with van der Waals surface area (Å²) in [5, 5.41) is 4.05. The first-order valence-corrected chi connectivity index (χ1v) is 5.96. The van der Waals surface area contributed by atoms with Gasteiger partial charge in [0.2, 0.25) is 5.75 Å². The normalized spacial score (nSPS) is 17.7. The van der Waals surface area contributed by atoms with E-state index in [1.165, 1.54) is 0 Å². The number of nitrogens with zero attached hydrogens (tertiary/aromatic N) is 1. The zero-order valence-electron chi connectivity index (χ0n) is 11.3. The molecule has 6 heteroatoms. The maximum Gasteiger partial charge on any atom is 0.203 e. The van der Waals surface area contributed by atoms with E-state index in [4.69, 9.17) is 24.8 Å². The van der Waals surface area contributed by atoms with Gasteiger partial charge in [0, 0.05) is 18.5 Å². The molecular weight excluding hydrogens is 248 g/mol. The fourth-order valence-electron chi connectivity index (χ4n) is 1.97. The van der Waals surface area contributed by atoms with Crippen LogP contribution in [0.2, 0.25) is 0 Å². The van der Waals surface area contributed by atoms with E-state index in [0.29, 0.717) is 30.2 Å². The van der Waals surface area contributed by atoms with Crippen molar-refractivity contribution in [2.75, 3.05) is 27.9 Å². The summed E-state index contributed by atoms with van der Waals surface area (Å²) in [5.74, 6) is 1.75. The molecule has 1 aliphatic heterocycles. The second-order valence-corrected chi connectivity index (χ2v) is 4.12. The Morgan fingerprint density at radius 2 is 1.84 bits per heavy atom. The van der Waals surface area contributed by atoms with Crippen LogP contribution in [-0.2, 0) is 4.84 Å². The standard InChI is InChI=1S/C13H18N2O4/c1-16-11-4-8(5-12(17-2)13(11)18-3)10-6-9(7-14)19-15-10/h4-5,9H,6-7,14H2,1-3H3. The van der Waals surface area contributed by atoms with Crippen molar-refractivity contribution in [2.24, 2.45) is 10.9 Å². The first-order chi connectivity index (χ1) is 9.23. The van der Waals surface area contributed by atoms with E-state index in [2.05, 4.69) is 5.16 Å². The minimum absolute atomic E-state index is 0.0610. The monoisotopic (exact) mass is 266 g/mol. The van der Waals surface area contributed by atoms with Crippen LogP contribution in [0.3, 0.4) is 0 Å². The van der Waals surface area contributed by atoms with Crippen LogP contribution in [-0.4, -0.2) is 39.7 Å². The second-order valence-electron chi connectivity index (χ2n) is 4.12. The fourth-order valence-corrected chi connectivity index (χ4v) is 1.97. The molecule has 2 rings (SSSR count). The molecule has 0 bridgehead atoms. The molecular formula is C13H18N2O4. The Hall–Kier alpha value is -1.95. The van der Waals surface area contributed by atoms with Crippen LogP contribution in [0.15, 0.2) is 17.3 Å². The Morgan fingerprint density at radius 3 is 2.26 bits per heavy atom. The zero-order chi connectivity index (χ0) is 13.8. The molecule has 104 valence electrons. The molecule has 1 unspecified atom stereocenters. The maximum atomic E-state index is 5.56. The van der Waals surface area contributed by atoms with Crippen molar-refractivity contribution in [1.29, 1.82) is 0 Å². The van der Waals surface area contributed by atoms with Gasteiger partial charge < -0.3 is 24.8 Å². The Bertz CT molecular complexity index is 463. The lowest BCUT2D eigenvalue weighted by Crippen LogP contribution is -2.20. The molecule has 1 atom stereocenters. The molecule has 0 saturated carbocycles. The quantitative estimate of drug-likeness (QED) is 0.865. The van der Waals surface area contributed by atoms with E-state index in [-0.39, 0.29) is 6.10 Å². The third-order valence-electron chi connectivity index (χ3n) is 2.99. The minimum atomic E-state index is -0.0610. The minimum Gasteiger partial charge on any atom is -0.493 e. The van der Waals surface area contributed by atoms with E-state index < -0.39 is 0 Å². The van der Waals surface area contributed by atoms with Crippen LogP contribution in [0, 0.1) is 0 Å². The molecule has 1 aromatic rings. The van der Waals surface area contributed by atoms with Crippen LogP contribution in [0.1, 0.15) is 12.0 Å². The number of rotatable bonds is 5. The van der Waals surface area contributed by atoms with Gasteiger partial charge in [-0.3, -0.25) is 0 Å². The average Bonchev–Trinajstić information content (AvgIpc) is 2.94. The van der Waals surface area contributed by atoms with E-state index in [1.807, 2.05) is 12.1 Å². The van der Waals surface area contributed by atoms with Crippen molar-refractivity contribution in [1.82, 2.24) is 0 Å². The first kappa shape index (κ1) is 13.5. The number of oxime groups is 1. The number of hydrogen-bond acceptors (Lipinski definition) is 6. The molecule has 0 radical (unpaired) electrons. The predicted molar refractivity (Wildman–Crippen MR) is 71.2 cm³/mol. The van der Waals surface area contributed by atoms with Gasteiger partial charge in [0.25, 0.3) is 0 Å². The van der Waals surface area contributed by atoms with E-state index in [0.717, 1.165) is 11.3 Å². The van der Waals surface area contributed by atoms with Crippen LogP contribution < -0.4 is 19.9 Å². The van der Waals surface area contributed by atoms with Crippen LogP contribution in [0.5, 0.6) is 17.2 Å². The van der Waals surface area contributed by atoms with Gasteiger partial charge in [-0.05, 0) is 12.1 Å². The van der Waals surface area contributed by atoms with Crippen molar-refractivity contribution < 1.29 is 19.0 Å². The predicted octanol–water partition coefficient (Wildman–Crippen LogP) is 1.16. The van der Waals surface area contributed by atoms with Crippen LogP contribution >= 0.6 is 0 Å². The lowest BCUT2D eigenvalue weighted by atomic mass is 10.0. The van der Waals surface area contributed by atoms with Crippen molar-refractivity contribution in [3.05, 3.63) is 17.7 Å². The lowest BCUT2D eigenvalue weighted by molar-refractivity contribution is 0.0918. The number of benzene rings is 1. The zero-order valence-corrected chi connectivity index (χ0v) is 11.3. The van der Waals surface area contributed by atoms with E-state index >= 15 is 0 Å².